The van der Waals surface area contributed by atoms with Gasteiger partial charge in [-0.3, -0.25) is 9.59 Å². The number of amides is 2. The fourth-order valence-corrected chi connectivity index (χ4v) is 4.76. The maximum atomic E-state index is 12.4. The van der Waals surface area contributed by atoms with Gasteiger partial charge in [-0.25, -0.2) is 9.97 Å². The number of benzene rings is 2. The lowest BCUT2D eigenvalue weighted by atomic mass is 10.1. The molecule has 4 rings (SSSR count). The van der Waals surface area contributed by atoms with Crippen molar-refractivity contribution in [1.82, 2.24) is 20.2 Å². The predicted molar refractivity (Wildman–Crippen MR) is 142 cm³/mol. The zero-order valence-corrected chi connectivity index (χ0v) is 21.5. The third kappa shape index (κ3) is 6.83. The molecule has 36 heavy (non-hydrogen) atoms. The van der Waals surface area contributed by atoms with Crippen molar-refractivity contribution in [2.24, 2.45) is 0 Å². The molecule has 2 amide bonds. The molecule has 1 aliphatic rings. The first-order valence-electron chi connectivity index (χ1n) is 12.0. The number of methoxy groups -OCH3 is 1. The van der Waals surface area contributed by atoms with Gasteiger partial charge in [0.05, 0.1) is 12.3 Å². The number of piperazine rings is 1. The maximum Gasteiger partial charge on any atom is 0.251 e. The van der Waals surface area contributed by atoms with Gasteiger partial charge in [-0.1, -0.05) is 54.2 Å². The number of nitrogens with zero attached hydrogens (tertiary/aromatic N) is 4. The molecule has 0 unspecified atom stereocenters. The van der Waals surface area contributed by atoms with Gasteiger partial charge in [0.1, 0.15) is 5.82 Å². The Morgan fingerprint density at radius 3 is 2.50 bits per heavy atom. The normalized spacial score (nSPS) is 13.5. The van der Waals surface area contributed by atoms with Gasteiger partial charge >= 0.3 is 0 Å². The average molecular weight is 506 g/mol. The van der Waals surface area contributed by atoms with Crippen molar-refractivity contribution in [3.63, 3.8) is 0 Å². The summed E-state index contributed by atoms with van der Waals surface area (Å²) < 4.78 is 5.00. The zero-order valence-electron chi connectivity index (χ0n) is 20.6. The van der Waals surface area contributed by atoms with E-state index in [1.807, 2.05) is 65.6 Å². The Hall–Kier alpha value is -3.43. The molecule has 1 aromatic heterocycles. The molecule has 188 valence electrons. The summed E-state index contributed by atoms with van der Waals surface area (Å²) in [6, 6.07) is 19.7. The third-order valence-corrected chi connectivity index (χ3v) is 6.88. The van der Waals surface area contributed by atoms with Gasteiger partial charge in [0.15, 0.2) is 5.16 Å². The Balaban J connectivity index is 1.51. The van der Waals surface area contributed by atoms with E-state index in [9.17, 15) is 9.59 Å². The molecule has 1 aliphatic heterocycles. The predicted octanol–water partition coefficient (Wildman–Crippen LogP) is 3.48. The maximum absolute atomic E-state index is 12.4. The van der Waals surface area contributed by atoms with Crippen LogP contribution in [0.25, 0.3) is 11.3 Å². The molecule has 9 heteroatoms. The van der Waals surface area contributed by atoms with E-state index in [0.29, 0.717) is 42.7 Å². The van der Waals surface area contributed by atoms with Crippen LogP contribution in [0.15, 0.2) is 65.8 Å². The van der Waals surface area contributed by atoms with Gasteiger partial charge in [-0.2, -0.15) is 0 Å². The molecular formula is C27H31N5O3S. The van der Waals surface area contributed by atoms with Crippen LogP contribution in [0, 0.1) is 0 Å². The highest BCUT2D eigenvalue weighted by atomic mass is 32.2. The van der Waals surface area contributed by atoms with Gasteiger partial charge in [0.2, 0.25) is 5.91 Å². The van der Waals surface area contributed by atoms with Crippen LogP contribution in [-0.4, -0.2) is 73.1 Å². The molecule has 1 N–H and O–H groups in total. The number of hydrogen-bond acceptors (Lipinski definition) is 7. The summed E-state index contributed by atoms with van der Waals surface area (Å²) in [5.74, 6) is 1.48. The van der Waals surface area contributed by atoms with E-state index in [-0.39, 0.29) is 11.8 Å². The number of carbonyl (C=O) groups is 2. The molecule has 0 spiro atoms. The molecule has 0 saturated carbocycles. The zero-order chi connectivity index (χ0) is 25.3. The largest absolute Gasteiger partial charge is 0.383 e. The molecule has 0 radical (unpaired) electrons. The summed E-state index contributed by atoms with van der Waals surface area (Å²) in [6.07, 6.45) is 0. The molecule has 0 atom stereocenters. The van der Waals surface area contributed by atoms with Gasteiger partial charge in [-0.05, 0) is 17.7 Å². The Labute approximate surface area is 216 Å². The summed E-state index contributed by atoms with van der Waals surface area (Å²) in [4.78, 5) is 37.9. The number of thioether (sulfide) groups is 1. The highest BCUT2D eigenvalue weighted by Crippen LogP contribution is 2.28. The highest BCUT2D eigenvalue weighted by Gasteiger charge is 2.21. The number of rotatable bonds is 9. The van der Waals surface area contributed by atoms with Crippen LogP contribution in [0.2, 0.25) is 0 Å². The fraction of sp³-hybridized carbons (Fsp3) is 0.333. The summed E-state index contributed by atoms with van der Waals surface area (Å²) in [5, 5.41) is 3.53. The lowest BCUT2D eigenvalue weighted by Crippen LogP contribution is -2.48. The van der Waals surface area contributed by atoms with Crippen molar-refractivity contribution in [3.8, 4) is 11.3 Å². The molecule has 3 aromatic rings. The van der Waals surface area contributed by atoms with Crippen molar-refractivity contribution in [2.75, 3.05) is 51.3 Å². The smallest absolute Gasteiger partial charge is 0.251 e. The highest BCUT2D eigenvalue weighted by molar-refractivity contribution is 7.98. The summed E-state index contributed by atoms with van der Waals surface area (Å²) in [5.41, 5.74) is 3.53. The van der Waals surface area contributed by atoms with Crippen LogP contribution in [0.5, 0.6) is 0 Å². The van der Waals surface area contributed by atoms with E-state index in [1.165, 1.54) is 0 Å². The van der Waals surface area contributed by atoms with E-state index in [0.717, 1.165) is 35.7 Å². The second kappa shape index (κ2) is 12.5. The van der Waals surface area contributed by atoms with Crippen LogP contribution < -0.4 is 10.2 Å². The van der Waals surface area contributed by atoms with Gasteiger partial charge < -0.3 is 19.9 Å². The summed E-state index contributed by atoms with van der Waals surface area (Å²) in [7, 11) is 1.61. The molecule has 8 nitrogen and oxygen atoms in total. The van der Waals surface area contributed by atoms with Crippen LogP contribution in [-0.2, 0) is 15.3 Å². The van der Waals surface area contributed by atoms with E-state index in [2.05, 4.69) is 10.2 Å². The Morgan fingerprint density at radius 1 is 1.00 bits per heavy atom. The van der Waals surface area contributed by atoms with Crippen molar-refractivity contribution in [1.29, 1.82) is 0 Å². The fourth-order valence-electron chi connectivity index (χ4n) is 3.97. The number of anilines is 1. The Kier molecular flexibility index (Phi) is 8.91. The standard InChI is InChI=1S/C27H31N5O3S/c1-20(33)31-12-14-32(15-13-31)25-18-24(22-8-4-3-5-9-22)29-27(30-25)36-19-21-7-6-10-23(17-21)26(34)28-11-16-35-2/h3-10,17-18H,11-16,19H2,1-2H3,(H,28,34). The van der Waals surface area contributed by atoms with Crippen LogP contribution in [0.4, 0.5) is 5.82 Å². The van der Waals surface area contributed by atoms with Crippen LogP contribution in [0.3, 0.4) is 0 Å². The minimum absolute atomic E-state index is 0.105. The number of ether oxygens (including phenoxy) is 1. The number of nitrogens with one attached hydrogen (secondary N) is 1. The lowest BCUT2D eigenvalue weighted by Gasteiger charge is -2.35. The van der Waals surface area contributed by atoms with E-state index < -0.39 is 0 Å². The first-order valence-corrected chi connectivity index (χ1v) is 13.0. The second-order valence-electron chi connectivity index (χ2n) is 8.49. The average Bonchev–Trinajstić information content (AvgIpc) is 2.92. The summed E-state index contributed by atoms with van der Waals surface area (Å²) in [6.45, 7) is 5.38. The molecular weight excluding hydrogens is 474 g/mol. The Bertz CT molecular complexity index is 1180. The minimum Gasteiger partial charge on any atom is -0.383 e. The first-order chi connectivity index (χ1) is 17.5. The number of aromatic nitrogens is 2. The molecule has 2 heterocycles. The minimum atomic E-state index is -0.117. The first kappa shape index (κ1) is 25.7. The molecule has 1 fully saturated rings. The third-order valence-electron chi connectivity index (χ3n) is 5.96. The SMILES string of the molecule is COCCNC(=O)c1cccc(CSc2nc(-c3ccccc3)cc(N3CCN(C(C)=O)CC3)n2)c1. The molecule has 2 aromatic carbocycles. The van der Waals surface area contributed by atoms with Crippen molar-refractivity contribution < 1.29 is 14.3 Å². The number of hydrogen-bond donors (Lipinski definition) is 1. The topological polar surface area (TPSA) is 87.7 Å². The van der Waals surface area contributed by atoms with Gasteiger partial charge in [0, 0.05) is 69.7 Å². The van der Waals surface area contributed by atoms with E-state index >= 15 is 0 Å². The molecule has 0 aliphatic carbocycles. The quantitative estimate of drug-likeness (QED) is 0.271. The second-order valence-corrected chi connectivity index (χ2v) is 9.43. The lowest BCUT2D eigenvalue weighted by molar-refractivity contribution is -0.129. The van der Waals surface area contributed by atoms with Crippen molar-refractivity contribution in [3.05, 3.63) is 71.8 Å². The summed E-state index contributed by atoms with van der Waals surface area (Å²) >= 11 is 1.54. The van der Waals surface area contributed by atoms with Crippen molar-refractivity contribution >= 4 is 29.4 Å². The van der Waals surface area contributed by atoms with Crippen LogP contribution in [0.1, 0.15) is 22.8 Å². The number of carbonyl (C=O) groups excluding carboxylic acids is 2. The molecule has 0 bridgehead atoms. The Morgan fingerprint density at radius 2 is 1.78 bits per heavy atom. The van der Waals surface area contributed by atoms with Gasteiger partial charge in [-0.15, -0.1) is 0 Å². The van der Waals surface area contributed by atoms with E-state index in [1.54, 1.807) is 25.8 Å². The van der Waals surface area contributed by atoms with Gasteiger partial charge in [0.25, 0.3) is 5.91 Å². The van der Waals surface area contributed by atoms with E-state index in [4.69, 9.17) is 14.7 Å². The monoisotopic (exact) mass is 505 g/mol. The van der Waals surface area contributed by atoms with Crippen molar-refractivity contribution in [2.45, 2.75) is 17.8 Å². The van der Waals surface area contributed by atoms with Crippen LogP contribution >= 0.6 is 11.8 Å². The molecule has 1 saturated heterocycles.